The summed E-state index contributed by atoms with van der Waals surface area (Å²) < 4.78 is 41.1. The highest BCUT2D eigenvalue weighted by Gasteiger charge is 2.56. The number of hydrogen-bond acceptors (Lipinski definition) is 3. The molecule has 3 aliphatic rings. The van der Waals surface area contributed by atoms with Gasteiger partial charge >= 0.3 is 0 Å². The van der Waals surface area contributed by atoms with Crippen LogP contribution in [0.2, 0.25) is 0 Å². The average molecular weight is 348 g/mol. The molecule has 134 valence electrons. The molecule has 0 aromatic rings. The third-order valence-electron chi connectivity index (χ3n) is 5.83. The largest absolute Gasteiger partial charge is 0.375 e. The summed E-state index contributed by atoms with van der Waals surface area (Å²) in [6.45, 7) is 5.23. The van der Waals surface area contributed by atoms with Gasteiger partial charge in [0.2, 0.25) is 0 Å². The molecule has 0 radical (unpaired) electrons. The summed E-state index contributed by atoms with van der Waals surface area (Å²) in [6.07, 6.45) is 3.14. The van der Waals surface area contributed by atoms with E-state index >= 15 is 0 Å². The predicted molar refractivity (Wildman–Crippen MR) is 90.5 cm³/mol. The van der Waals surface area contributed by atoms with E-state index in [0.717, 1.165) is 38.5 Å². The van der Waals surface area contributed by atoms with Gasteiger partial charge in [0.05, 0.1) is 12.2 Å². The van der Waals surface area contributed by atoms with Crippen LogP contribution in [0.4, 0.5) is 8.78 Å². The van der Waals surface area contributed by atoms with Gasteiger partial charge in [-0.05, 0) is 50.9 Å². The molecule has 0 amide bonds. The lowest BCUT2D eigenvalue weighted by Crippen LogP contribution is -2.45. The quantitative estimate of drug-likeness (QED) is 0.656. The minimum Gasteiger partial charge on any atom is -0.375 e. The number of thioether (sulfide) groups is 1. The molecule has 0 N–H and O–H groups in total. The maximum atomic E-state index is 14.9. The lowest BCUT2D eigenvalue weighted by atomic mass is 9.71. The van der Waals surface area contributed by atoms with Crippen molar-refractivity contribution in [1.29, 1.82) is 0 Å². The maximum Gasteiger partial charge on any atom is 0.138 e. The van der Waals surface area contributed by atoms with Crippen LogP contribution in [0, 0.1) is 11.8 Å². The SMILES string of the molecule is CCCCOC1CCC2C3CCC(OCC)C(F)C3SC2C1F. The van der Waals surface area contributed by atoms with Crippen molar-refractivity contribution in [2.75, 3.05) is 13.2 Å². The summed E-state index contributed by atoms with van der Waals surface area (Å²) in [7, 11) is 0. The smallest absolute Gasteiger partial charge is 0.138 e. The van der Waals surface area contributed by atoms with E-state index in [-0.39, 0.29) is 22.7 Å². The van der Waals surface area contributed by atoms with E-state index in [1.807, 2.05) is 6.92 Å². The van der Waals surface area contributed by atoms with Gasteiger partial charge in [0.25, 0.3) is 0 Å². The second-order valence-corrected chi connectivity index (χ2v) is 8.55. The Hall–Kier alpha value is 0.130. The van der Waals surface area contributed by atoms with Crippen LogP contribution in [-0.4, -0.2) is 48.3 Å². The first-order valence-corrected chi connectivity index (χ1v) is 10.3. The van der Waals surface area contributed by atoms with Gasteiger partial charge in [0.1, 0.15) is 12.3 Å². The molecule has 23 heavy (non-hydrogen) atoms. The minimum atomic E-state index is -0.948. The molecule has 3 rings (SSSR count). The Morgan fingerprint density at radius 2 is 1.43 bits per heavy atom. The number of hydrogen-bond donors (Lipinski definition) is 0. The van der Waals surface area contributed by atoms with E-state index in [0.29, 0.717) is 25.0 Å². The Balaban J connectivity index is 1.62. The van der Waals surface area contributed by atoms with Crippen molar-refractivity contribution in [3.05, 3.63) is 0 Å². The van der Waals surface area contributed by atoms with Crippen LogP contribution in [0.3, 0.4) is 0 Å². The number of alkyl halides is 2. The first-order chi connectivity index (χ1) is 11.2. The van der Waals surface area contributed by atoms with E-state index in [1.54, 1.807) is 11.8 Å². The lowest BCUT2D eigenvalue weighted by molar-refractivity contribution is -0.0527. The highest BCUT2D eigenvalue weighted by atomic mass is 32.2. The summed E-state index contributed by atoms with van der Waals surface area (Å²) in [5.41, 5.74) is 0. The van der Waals surface area contributed by atoms with Gasteiger partial charge in [-0.1, -0.05) is 13.3 Å². The summed E-state index contributed by atoms with van der Waals surface area (Å²) in [5.74, 6) is 0.651. The zero-order valence-electron chi connectivity index (χ0n) is 14.3. The van der Waals surface area contributed by atoms with Crippen molar-refractivity contribution < 1.29 is 18.3 Å². The fourth-order valence-corrected chi connectivity index (χ4v) is 6.74. The van der Waals surface area contributed by atoms with Gasteiger partial charge in [-0.25, -0.2) is 8.78 Å². The number of halogens is 2. The Kier molecular flexibility index (Phi) is 6.24. The predicted octanol–water partition coefficient (Wildman–Crippen LogP) is 4.56. The number of ether oxygens (including phenoxy) is 2. The van der Waals surface area contributed by atoms with Gasteiger partial charge in [-0.2, -0.15) is 0 Å². The molecule has 2 aliphatic carbocycles. The molecule has 8 unspecified atom stereocenters. The second kappa shape index (κ2) is 8.01. The third kappa shape index (κ3) is 3.57. The Morgan fingerprint density at radius 1 is 0.870 bits per heavy atom. The van der Waals surface area contributed by atoms with Crippen LogP contribution in [0.5, 0.6) is 0 Å². The first kappa shape index (κ1) is 17.9. The van der Waals surface area contributed by atoms with Crippen molar-refractivity contribution in [2.24, 2.45) is 11.8 Å². The summed E-state index contributed by atoms with van der Waals surface area (Å²) in [6, 6.07) is 0. The van der Waals surface area contributed by atoms with Crippen LogP contribution >= 0.6 is 11.8 Å². The highest BCUT2D eigenvalue weighted by molar-refractivity contribution is 8.00. The topological polar surface area (TPSA) is 18.5 Å². The summed E-state index contributed by atoms with van der Waals surface area (Å²) >= 11 is 1.56. The van der Waals surface area contributed by atoms with Crippen molar-refractivity contribution >= 4 is 11.8 Å². The van der Waals surface area contributed by atoms with E-state index in [1.165, 1.54) is 0 Å². The van der Waals surface area contributed by atoms with Gasteiger partial charge < -0.3 is 9.47 Å². The zero-order valence-corrected chi connectivity index (χ0v) is 15.1. The van der Waals surface area contributed by atoms with Crippen LogP contribution in [0.25, 0.3) is 0 Å². The molecule has 8 atom stereocenters. The van der Waals surface area contributed by atoms with Crippen LogP contribution in [0.15, 0.2) is 0 Å². The van der Waals surface area contributed by atoms with Crippen LogP contribution in [-0.2, 0) is 9.47 Å². The Bertz CT molecular complexity index is 384. The number of fused-ring (bicyclic) bond motifs is 3. The summed E-state index contributed by atoms with van der Waals surface area (Å²) in [5, 5.41) is -0.160. The van der Waals surface area contributed by atoms with E-state index in [2.05, 4.69) is 6.92 Å². The molecule has 2 saturated carbocycles. The molecule has 5 heteroatoms. The average Bonchev–Trinajstić information content (AvgIpc) is 2.93. The molecule has 0 aromatic carbocycles. The monoisotopic (exact) mass is 348 g/mol. The fraction of sp³-hybridized carbons (Fsp3) is 1.00. The molecule has 3 fully saturated rings. The first-order valence-electron chi connectivity index (χ1n) is 9.34. The minimum absolute atomic E-state index is 0.0796. The zero-order chi connectivity index (χ0) is 16.4. The normalized spacial score (nSPS) is 46.4. The third-order valence-corrected chi connectivity index (χ3v) is 7.67. The molecule has 1 aliphatic heterocycles. The molecule has 1 heterocycles. The van der Waals surface area contributed by atoms with E-state index in [9.17, 15) is 8.78 Å². The van der Waals surface area contributed by atoms with Gasteiger partial charge in [0.15, 0.2) is 0 Å². The molecular weight excluding hydrogens is 318 g/mol. The molecule has 2 nitrogen and oxygen atoms in total. The van der Waals surface area contributed by atoms with E-state index < -0.39 is 12.3 Å². The molecular formula is C18H30F2O2S. The van der Waals surface area contributed by atoms with Crippen LogP contribution < -0.4 is 0 Å². The van der Waals surface area contributed by atoms with Crippen molar-refractivity contribution in [3.8, 4) is 0 Å². The van der Waals surface area contributed by atoms with Crippen molar-refractivity contribution in [1.82, 2.24) is 0 Å². The molecule has 1 saturated heterocycles. The van der Waals surface area contributed by atoms with Gasteiger partial charge in [-0.15, -0.1) is 11.8 Å². The number of rotatable bonds is 6. The van der Waals surface area contributed by atoms with Gasteiger partial charge in [-0.3, -0.25) is 0 Å². The lowest BCUT2D eigenvalue weighted by Gasteiger charge is -2.38. The Labute approximate surface area is 143 Å². The maximum absolute atomic E-state index is 14.9. The standard InChI is InChI=1S/C18H30F2O2S/c1-3-5-10-22-14-9-7-12-11-6-8-13(21-4-2)15(19)17(11)23-18(12)16(14)20/h11-18H,3-10H2,1-2H3. The van der Waals surface area contributed by atoms with Gasteiger partial charge in [0, 0.05) is 23.7 Å². The fourth-order valence-electron chi connectivity index (χ4n) is 4.65. The number of unbranched alkanes of at least 4 members (excludes halogenated alkanes) is 1. The van der Waals surface area contributed by atoms with Crippen molar-refractivity contribution in [2.45, 2.75) is 87.4 Å². The summed E-state index contributed by atoms with van der Waals surface area (Å²) in [4.78, 5) is 0. The molecule has 0 aromatic heterocycles. The molecule has 0 bridgehead atoms. The molecule has 0 spiro atoms. The van der Waals surface area contributed by atoms with Crippen LogP contribution in [0.1, 0.15) is 52.4 Å². The Morgan fingerprint density at radius 3 is 1.96 bits per heavy atom. The second-order valence-electron chi connectivity index (χ2n) is 7.19. The highest BCUT2D eigenvalue weighted by Crippen LogP contribution is 2.56. The van der Waals surface area contributed by atoms with Crippen molar-refractivity contribution in [3.63, 3.8) is 0 Å². The van der Waals surface area contributed by atoms with E-state index in [4.69, 9.17) is 9.47 Å².